The zero-order valence-electron chi connectivity index (χ0n) is 7.18. The van der Waals surface area contributed by atoms with E-state index in [2.05, 4.69) is 53.4 Å². The molecule has 15 heavy (non-hydrogen) atoms. The van der Waals surface area contributed by atoms with E-state index in [1.165, 1.54) is 0 Å². The quantitative estimate of drug-likeness (QED) is 0.236. The lowest BCUT2D eigenvalue weighted by Gasteiger charge is -2.14. The van der Waals surface area contributed by atoms with Crippen LogP contribution in [0.1, 0.15) is 0 Å². The molecule has 0 aromatic carbocycles. The number of nitrogens with two attached hydrogens (primary N) is 3. The third kappa shape index (κ3) is 3.21. The Labute approximate surface area is 82.1 Å². The SMILES string of the molecule is NC(N)=[NH2+].O=C1[N-][N+](=C2N=NN=N2)[N-]O1. The molecular formula is C3H6N10O2. The smallest absolute Gasteiger partial charge is 0.457 e. The van der Waals surface area contributed by atoms with Gasteiger partial charge < -0.3 is 20.6 Å². The van der Waals surface area contributed by atoms with Crippen molar-refractivity contribution in [2.24, 2.45) is 32.1 Å². The van der Waals surface area contributed by atoms with Crippen molar-refractivity contribution in [3.8, 4) is 0 Å². The van der Waals surface area contributed by atoms with Crippen molar-refractivity contribution in [2.45, 2.75) is 0 Å². The van der Waals surface area contributed by atoms with Crippen molar-refractivity contribution in [3.63, 3.8) is 0 Å². The van der Waals surface area contributed by atoms with Crippen molar-refractivity contribution in [3.05, 3.63) is 11.0 Å². The van der Waals surface area contributed by atoms with Gasteiger partial charge in [0.1, 0.15) is 0 Å². The predicted octanol–water partition coefficient (Wildman–Crippen LogP) is -2.15. The van der Waals surface area contributed by atoms with Gasteiger partial charge >= 0.3 is 11.9 Å². The van der Waals surface area contributed by atoms with Crippen molar-refractivity contribution in [2.75, 3.05) is 0 Å². The summed E-state index contributed by atoms with van der Waals surface area (Å²) in [6.07, 6.45) is -0.824. The van der Waals surface area contributed by atoms with Gasteiger partial charge in [-0.3, -0.25) is 21.7 Å². The molecule has 0 aromatic heterocycles. The Morgan fingerprint density at radius 3 is 2.33 bits per heavy atom. The summed E-state index contributed by atoms with van der Waals surface area (Å²) in [6, 6.07) is 0. The van der Waals surface area contributed by atoms with Crippen molar-refractivity contribution in [1.29, 1.82) is 0 Å². The number of rotatable bonds is 0. The van der Waals surface area contributed by atoms with Gasteiger partial charge in [0.25, 0.3) is 0 Å². The lowest BCUT2D eigenvalue weighted by molar-refractivity contribution is -0.430. The lowest BCUT2D eigenvalue weighted by Crippen LogP contribution is -2.51. The van der Waals surface area contributed by atoms with E-state index in [1.54, 1.807) is 0 Å². The highest BCUT2D eigenvalue weighted by atomic mass is 16.8. The summed E-state index contributed by atoms with van der Waals surface area (Å²) < 4.78 is 0. The second kappa shape index (κ2) is 4.45. The van der Waals surface area contributed by atoms with Crippen LogP contribution >= 0.6 is 0 Å². The topological polar surface area (TPSA) is 185 Å². The largest absolute Gasteiger partial charge is 0.517 e. The Morgan fingerprint density at radius 2 is 1.93 bits per heavy atom. The molecule has 0 bridgehead atoms. The molecule has 0 aromatic rings. The van der Waals surface area contributed by atoms with Gasteiger partial charge in [-0.2, -0.15) is 0 Å². The van der Waals surface area contributed by atoms with Crippen LogP contribution in [0.3, 0.4) is 0 Å². The summed E-state index contributed by atoms with van der Waals surface area (Å²) in [7, 11) is 0. The molecule has 0 aliphatic carbocycles. The molecule has 2 aliphatic heterocycles. The number of hydrogen-bond donors (Lipinski definition) is 3. The second-order valence-electron chi connectivity index (χ2n) is 2.01. The minimum Gasteiger partial charge on any atom is -0.517 e. The Morgan fingerprint density at radius 1 is 1.40 bits per heavy atom. The number of nitrogens with zero attached hydrogens (tertiary/aromatic N) is 7. The van der Waals surface area contributed by atoms with Gasteiger partial charge in [-0.1, -0.05) is 0 Å². The molecule has 12 nitrogen and oxygen atoms in total. The van der Waals surface area contributed by atoms with Gasteiger partial charge in [-0.05, 0) is 0 Å². The van der Waals surface area contributed by atoms with E-state index in [4.69, 9.17) is 0 Å². The average molecular weight is 214 g/mol. The summed E-state index contributed by atoms with van der Waals surface area (Å²) in [4.78, 5) is 15.2. The van der Waals surface area contributed by atoms with Gasteiger partial charge in [-0.15, -0.1) is 0 Å². The highest BCUT2D eigenvalue weighted by Crippen LogP contribution is 2.15. The van der Waals surface area contributed by atoms with Gasteiger partial charge in [0.2, 0.25) is 6.09 Å². The molecule has 0 atom stereocenters. The Kier molecular flexibility index (Phi) is 3.05. The highest BCUT2D eigenvalue weighted by Gasteiger charge is 2.13. The molecule has 2 aliphatic rings. The zero-order chi connectivity index (χ0) is 11.3. The molecule has 6 N–H and O–H groups in total. The van der Waals surface area contributed by atoms with Crippen molar-refractivity contribution >= 4 is 18.0 Å². The van der Waals surface area contributed by atoms with Crippen LogP contribution in [0.4, 0.5) is 4.79 Å². The molecule has 0 spiro atoms. The van der Waals surface area contributed by atoms with Crippen LogP contribution in [0.2, 0.25) is 0 Å². The first kappa shape index (κ1) is 10.3. The third-order valence-electron chi connectivity index (χ3n) is 0.860. The van der Waals surface area contributed by atoms with Gasteiger partial charge in [0.15, 0.2) is 0 Å². The Hall–Kier alpha value is -2.79. The molecule has 0 unspecified atom stereocenters. The summed E-state index contributed by atoms with van der Waals surface area (Å²) in [5.41, 5.74) is 15.6. The van der Waals surface area contributed by atoms with E-state index in [1.807, 2.05) is 0 Å². The normalized spacial score (nSPS) is 16.4. The Bertz CT molecular complexity index is 349. The molecule has 1 saturated heterocycles. The number of carbonyl (C=O) groups excluding carboxylic acids is 1. The first-order valence-electron chi connectivity index (χ1n) is 3.35. The monoisotopic (exact) mass is 214 g/mol. The zero-order valence-corrected chi connectivity index (χ0v) is 7.18. The van der Waals surface area contributed by atoms with Crippen molar-refractivity contribution < 1.29 is 19.8 Å². The minimum absolute atomic E-state index is 0.00384. The van der Waals surface area contributed by atoms with Crippen LogP contribution in [0.5, 0.6) is 0 Å². The number of amides is 1. The minimum atomic E-state index is -0.824. The fourth-order valence-electron chi connectivity index (χ4n) is 0.489. The van der Waals surface area contributed by atoms with E-state index < -0.39 is 6.09 Å². The van der Waals surface area contributed by atoms with Gasteiger partial charge in [-0.25, -0.2) is 0 Å². The molecular weight excluding hydrogens is 208 g/mol. The molecule has 12 heteroatoms. The number of hydrogen-bond acceptors (Lipinski definition) is 4. The average Bonchev–Trinajstić information content (AvgIpc) is 2.71. The first-order chi connectivity index (χ1) is 7.09. The summed E-state index contributed by atoms with van der Waals surface area (Å²) >= 11 is 0. The second-order valence-corrected chi connectivity index (χ2v) is 2.01. The molecule has 1 fully saturated rings. The van der Waals surface area contributed by atoms with Crippen molar-refractivity contribution in [1.82, 2.24) is 0 Å². The maximum atomic E-state index is 10.3. The molecule has 0 radical (unpaired) electrons. The van der Waals surface area contributed by atoms with Crippen LogP contribution < -0.4 is 16.9 Å². The summed E-state index contributed by atoms with van der Waals surface area (Å²) in [5.74, 6) is -0.0872. The predicted molar refractivity (Wildman–Crippen MR) is 43.5 cm³/mol. The molecule has 2 rings (SSSR count). The Balaban J connectivity index is 0.000000245. The van der Waals surface area contributed by atoms with E-state index in [0.717, 1.165) is 4.79 Å². The summed E-state index contributed by atoms with van der Waals surface area (Å²) in [5, 5.41) is 17.6. The number of guanidine groups is 2. The molecule has 1 amide bonds. The van der Waals surface area contributed by atoms with Crippen LogP contribution in [0.25, 0.3) is 11.0 Å². The highest BCUT2D eigenvalue weighted by molar-refractivity contribution is 5.84. The van der Waals surface area contributed by atoms with Gasteiger partial charge in [0.05, 0.1) is 20.7 Å². The van der Waals surface area contributed by atoms with Gasteiger partial charge in [0, 0.05) is 0 Å². The standard InChI is InChI=1S/C2N7O2.CH5N3/c10-2-5-9(8-11-2)1-3-6-7-4-1;2-1(3)4/h;(H5,2,3,4)/q-1;/p+1. The third-order valence-corrected chi connectivity index (χ3v) is 0.860. The van der Waals surface area contributed by atoms with E-state index in [9.17, 15) is 4.79 Å². The van der Waals surface area contributed by atoms with Crippen LogP contribution in [-0.2, 0) is 4.84 Å². The fourth-order valence-corrected chi connectivity index (χ4v) is 0.489. The molecule has 0 saturated carbocycles. The fraction of sp³-hybridized carbons (Fsp3) is 0. The first-order valence-corrected chi connectivity index (χ1v) is 3.35. The lowest BCUT2D eigenvalue weighted by atomic mass is 11.1. The number of carbonyl (C=O) groups is 1. The summed E-state index contributed by atoms with van der Waals surface area (Å²) in [6.45, 7) is 0. The van der Waals surface area contributed by atoms with Crippen LogP contribution in [-0.4, -0.2) is 22.8 Å². The molecule has 2 heterocycles. The van der Waals surface area contributed by atoms with E-state index >= 15 is 0 Å². The molecule has 80 valence electrons. The van der Waals surface area contributed by atoms with E-state index in [0.29, 0.717) is 0 Å². The maximum Gasteiger partial charge on any atom is 0.457 e. The van der Waals surface area contributed by atoms with Crippen LogP contribution in [0, 0.1) is 0 Å². The van der Waals surface area contributed by atoms with Crippen LogP contribution in [0.15, 0.2) is 20.7 Å². The van der Waals surface area contributed by atoms with E-state index in [-0.39, 0.29) is 11.9 Å². The maximum absolute atomic E-state index is 10.3.